The van der Waals surface area contributed by atoms with Gasteiger partial charge in [-0.15, -0.1) is 0 Å². The van der Waals surface area contributed by atoms with E-state index in [-0.39, 0.29) is 0 Å². The van der Waals surface area contributed by atoms with Gasteiger partial charge in [-0.2, -0.15) is 5.26 Å². The van der Waals surface area contributed by atoms with Gasteiger partial charge in [-0.05, 0) is 32.1 Å². The van der Waals surface area contributed by atoms with Gasteiger partial charge in [0.25, 0.3) is 0 Å². The molecule has 0 bridgehead atoms. The van der Waals surface area contributed by atoms with Gasteiger partial charge in [0.2, 0.25) is 0 Å². The molecule has 0 heterocycles. The van der Waals surface area contributed by atoms with Gasteiger partial charge in [-0.25, -0.2) is 0 Å². The van der Waals surface area contributed by atoms with E-state index in [1.165, 1.54) is 64.2 Å². The summed E-state index contributed by atoms with van der Waals surface area (Å²) >= 11 is 0. The number of ether oxygens (including phenoxy) is 1. The van der Waals surface area contributed by atoms with Crippen molar-refractivity contribution in [2.45, 2.75) is 84.0 Å². The molecule has 0 radical (unpaired) electrons. The van der Waals surface area contributed by atoms with Gasteiger partial charge in [0.05, 0.1) is 19.1 Å². The topological polar surface area (TPSA) is 33.0 Å². The fourth-order valence-corrected chi connectivity index (χ4v) is 2.14. The number of nitriles is 1. The molecule has 0 N–H and O–H groups in total. The summed E-state index contributed by atoms with van der Waals surface area (Å²) in [4.78, 5) is 0. The highest BCUT2D eigenvalue weighted by atomic mass is 16.5. The minimum absolute atomic E-state index is 0.517. The molecule has 0 amide bonds. The zero-order valence-electron chi connectivity index (χ0n) is 13.4. The quantitative estimate of drug-likeness (QED) is 0.281. The normalized spacial score (nSPS) is 11.0. The Hall–Kier alpha value is -0.810. The number of allylic oxidation sites excluding steroid dienone is 2. The first-order valence-electron chi connectivity index (χ1n) is 8.51. The Morgan fingerprint density at radius 1 is 0.800 bits per heavy atom. The standard InChI is InChI=1S/C18H33NO/c1-2-3-4-5-6-7-8-9-10-11-12-13-14-17-20-18-15-16-19/h8-9H,2-7,10-15,17-18H2,1H3/b9-8+. The molecule has 0 unspecified atom stereocenters. The molecule has 0 aromatic carbocycles. The van der Waals surface area contributed by atoms with Crippen LogP contribution in [-0.4, -0.2) is 13.2 Å². The second-order valence-electron chi connectivity index (χ2n) is 5.40. The molecule has 0 saturated heterocycles. The minimum atomic E-state index is 0.517. The minimum Gasteiger partial charge on any atom is -0.380 e. The van der Waals surface area contributed by atoms with Gasteiger partial charge in [-0.3, -0.25) is 0 Å². The molecule has 0 fully saturated rings. The van der Waals surface area contributed by atoms with E-state index in [2.05, 4.69) is 25.1 Å². The maximum atomic E-state index is 8.35. The van der Waals surface area contributed by atoms with Gasteiger partial charge < -0.3 is 4.74 Å². The van der Waals surface area contributed by atoms with Crippen LogP contribution < -0.4 is 0 Å². The van der Waals surface area contributed by atoms with Crippen LogP contribution in [0.3, 0.4) is 0 Å². The van der Waals surface area contributed by atoms with E-state index in [9.17, 15) is 0 Å². The summed E-state index contributed by atoms with van der Waals surface area (Å²) in [6.45, 7) is 3.67. The van der Waals surface area contributed by atoms with Crippen LogP contribution in [0, 0.1) is 11.3 Å². The highest BCUT2D eigenvalue weighted by Gasteiger charge is 1.91. The van der Waals surface area contributed by atoms with Crippen molar-refractivity contribution in [1.82, 2.24) is 0 Å². The molecule has 0 atom stereocenters. The lowest BCUT2D eigenvalue weighted by atomic mass is 10.1. The molecule has 2 nitrogen and oxygen atoms in total. The molecule has 2 heteroatoms. The Morgan fingerprint density at radius 3 is 2.00 bits per heavy atom. The molecule has 20 heavy (non-hydrogen) atoms. The van der Waals surface area contributed by atoms with Crippen LogP contribution in [0.4, 0.5) is 0 Å². The molecular weight excluding hydrogens is 246 g/mol. The summed E-state index contributed by atoms with van der Waals surface area (Å²) in [6, 6.07) is 2.08. The number of nitrogens with zero attached hydrogens (tertiary/aromatic N) is 1. The molecule has 0 saturated carbocycles. The molecule has 0 aromatic heterocycles. The molecule has 116 valence electrons. The largest absolute Gasteiger partial charge is 0.380 e. The number of hydrogen-bond donors (Lipinski definition) is 0. The van der Waals surface area contributed by atoms with Gasteiger partial charge >= 0.3 is 0 Å². The number of unbranched alkanes of at least 4 members (excludes halogenated alkanes) is 9. The molecular formula is C18H33NO. The van der Waals surface area contributed by atoms with E-state index in [0.29, 0.717) is 13.0 Å². The highest BCUT2D eigenvalue weighted by molar-refractivity contribution is 4.81. The summed E-state index contributed by atoms with van der Waals surface area (Å²) < 4.78 is 5.34. The summed E-state index contributed by atoms with van der Waals surface area (Å²) in [7, 11) is 0. The maximum absolute atomic E-state index is 8.35. The first-order chi connectivity index (χ1) is 9.91. The second kappa shape index (κ2) is 18.2. The van der Waals surface area contributed by atoms with Crippen LogP contribution in [0.2, 0.25) is 0 Å². The van der Waals surface area contributed by atoms with Gasteiger partial charge in [0, 0.05) is 6.61 Å². The summed E-state index contributed by atoms with van der Waals surface area (Å²) in [5, 5.41) is 8.35. The fraction of sp³-hybridized carbons (Fsp3) is 0.833. The van der Waals surface area contributed by atoms with Crippen molar-refractivity contribution in [2.75, 3.05) is 13.2 Å². The van der Waals surface area contributed by atoms with Crippen LogP contribution in [0.1, 0.15) is 84.0 Å². The average Bonchev–Trinajstić information content (AvgIpc) is 2.47. The second-order valence-corrected chi connectivity index (χ2v) is 5.40. The predicted molar refractivity (Wildman–Crippen MR) is 86.7 cm³/mol. The summed E-state index contributed by atoms with van der Waals surface area (Å²) in [5.74, 6) is 0. The van der Waals surface area contributed by atoms with E-state index >= 15 is 0 Å². The third-order valence-electron chi connectivity index (χ3n) is 3.41. The summed E-state index contributed by atoms with van der Waals surface area (Å²) in [6.07, 6.45) is 19.6. The molecule has 0 rings (SSSR count). The molecule has 0 aliphatic heterocycles. The SMILES string of the molecule is CCCCCCC/C=C/CCCCCCOCCC#N. The lowest BCUT2D eigenvalue weighted by Crippen LogP contribution is -1.95. The number of hydrogen-bond acceptors (Lipinski definition) is 2. The first-order valence-corrected chi connectivity index (χ1v) is 8.51. The lowest BCUT2D eigenvalue weighted by molar-refractivity contribution is 0.135. The zero-order valence-corrected chi connectivity index (χ0v) is 13.4. The van der Waals surface area contributed by atoms with E-state index in [1.54, 1.807) is 0 Å². The molecule has 0 aliphatic carbocycles. The maximum Gasteiger partial charge on any atom is 0.0645 e. The molecule has 0 aliphatic rings. The number of rotatable bonds is 15. The van der Waals surface area contributed by atoms with Gasteiger partial charge in [0.15, 0.2) is 0 Å². The average molecular weight is 279 g/mol. The van der Waals surface area contributed by atoms with E-state index < -0.39 is 0 Å². The van der Waals surface area contributed by atoms with Crippen molar-refractivity contribution in [3.63, 3.8) is 0 Å². The fourth-order valence-electron chi connectivity index (χ4n) is 2.14. The van der Waals surface area contributed by atoms with Crippen LogP contribution >= 0.6 is 0 Å². The smallest absolute Gasteiger partial charge is 0.0645 e. The third-order valence-corrected chi connectivity index (χ3v) is 3.41. The molecule has 0 aromatic rings. The van der Waals surface area contributed by atoms with Gasteiger partial charge in [-0.1, -0.05) is 57.6 Å². The Bertz CT molecular complexity index is 242. The van der Waals surface area contributed by atoms with Crippen molar-refractivity contribution < 1.29 is 4.74 Å². The van der Waals surface area contributed by atoms with Crippen LogP contribution in [-0.2, 0) is 4.74 Å². The van der Waals surface area contributed by atoms with Crippen molar-refractivity contribution in [3.05, 3.63) is 12.2 Å². The Morgan fingerprint density at radius 2 is 1.40 bits per heavy atom. The van der Waals surface area contributed by atoms with Crippen LogP contribution in [0.5, 0.6) is 0 Å². The van der Waals surface area contributed by atoms with Crippen molar-refractivity contribution in [2.24, 2.45) is 0 Å². The van der Waals surface area contributed by atoms with Crippen molar-refractivity contribution in [3.8, 4) is 6.07 Å². The Labute approximate surface area is 126 Å². The van der Waals surface area contributed by atoms with Crippen molar-refractivity contribution >= 4 is 0 Å². The Balaban J connectivity index is 3.03. The van der Waals surface area contributed by atoms with Crippen molar-refractivity contribution in [1.29, 1.82) is 5.26 Å². The van der Waals surface area contributed by atoms with E-state index in [0.717, 1.165) is 13.0 Å². The third kappa shape index (κ3) is 17.2. The highest BCUT2D eigenvalue weighted by Crippen LogP contribution is 2.07. The Kier molecular flexibility index (Phi) is 17.5. The lowest BCUT2D eigenvalue weighted by Gasteiger charge is -2.01. The van der Waals surface area contributed by atoms with Gasteiger partial charge in [0.1, 0.15) is 0 Å². The van der Waals surface area contributed by atoms with E-state index in [4.69, 9.17) is 10.00 Å². The molecule has 0 spiro atoms. The van der Waals surface area contributed by atoms with Crippen LogP contribution in [0.25, 0.3) is 0 Å². The van der Waals surface area contributed by atoms with Crippen LogP contribution in [0.15, 0.2) is 12.2 Å². The first kappa shape index (κ1) is 19.2. The summed E-state index contributed by atoms with van der Waals surface area (Å²) in [5.41, 5.74) is 0. The monoisotopic (exact) mass is 279 g/mol. The van der Waals surface area contributed by atoms with E-state index in [1.807, 2.05) is 0 Å². The zero-order chi connectivity index (χ0) is 14.7. The predicted octanol–water partition coefficient (Wildman–Crippen LogP) is 5.78.